The molecule has 0 radical (unpaired) electrons. The minimum atomic E-state index is -0.482. The maximum atomic E-state index is 12.1. The molecule has 130 valence electrons. The van der Waals surface area contributed by atoms with E-state index in [-0.39, 0.29) is 18.5 Å². The highest BCUT2D eigenvalue weighted by molar-refractivity contribution is 7.99. The molecule has 0 saturated heterocycles. The van der Waals surface area contributed by atoms with E-state index in [0.717, 1.165) is 17.1 Å². The molecule has 2 aromatic rings. The molecule has 2 aromatic carbocycles. The highest BCUT2D eigenvalue weighted by atomic mass is 32.2. The van der Waals surface area contributed by atoms with Crippen molar-refractivity contribution in [2.45, 2.75) is 5.75 Å². The van der Waals surface area contributed by atoms with Gasteiger partial charge in [0.1, 0.15) is 0 Å². The van der Waals surface area contributed by atoms with Gasteiger partial charge < -0.3 is 19.5 Å². The average Bonchev–Trinajstić information content (AvgIpc) is 3.09. The number of rotatable bonds is 6. The summed E-state index contributed by atoms with van der Waals surface area (Å²) in [6, 6.07) is 12.5. The smallest absolute Gasteiger partial charge is 0.339 e. The minimum Gasteiger partial charge on any atom is -0.465 e. The number of thioether (sulfide) groups is 1. The number of hydrogen-bond donors (Lipinski definition) is 1. The number of amides is 1. The van der Waals surface area contributed by atoms with Crippen molar-refractivity contribution in [3.8, 4) is 11.5 Å². The van der Waals surface area contributed by atoms with E-state index in [2.05, 4.69) is 5.32 Å². The van der Waals surface area contributed by atoms with Gasteiger partial charge in [-0.3, -0.25) is 4.79 Å². The molecule has 0 saturated carbocycles. The van der Waals surface area contributed by atoms with Gasteiger partial charge in [0.05, 0.1) is 24.1 Å². The number of methoxy groups -OCH3 is 1. The molecule has 25 heavy (non-hydrogen) atoms. The fourth-order valence-electron chi connectivity index (χ4n) is 2.36. The predicted octanol–water partition coefficient (Wildman–Crippen LogP) is 3.07. The zero-order chi connectivity index (χ0) is 17.6. The van der Waals surface area contributed by atoms with Crippen LogP contribution in [0, 0.1) is 0 Å². The predicted molar refractivity (Wildman–Crippen MR) is 95.1 cm³/mol. The molecule has 0 unspecified atom stereocenters. The first-order chi connectivity index (χ1) is 12.2. The fourth-order valence-corrected chi connectivity index (χ4v) is 3.13. The molecule has 7 heteroatoms. The molecule has 3 rings (SSSR count). The van der Waals surface area contributed by atoms with Crippen molar-refractivity contribution in [1.29, 1.82) is 0 Å². The Hall–Kier alpha value is -2.67. The quantitative estimate of drug-likeness (QED) is 0.799. The Kier molecular flexibility index (Phi) is 5.45. The number of para-hydroxylation sites is 1. The van der Waals surface area contributed by atoms with E-state index in [9.17, 15) is 9.59 Å². The van der Waals surface area contributed by atoms with Gasteiger partial charge in [0.2, 0.25) is 12.7 Å². The highest BCUT2D eigenvalue weighted by Crippen LogP contribution is 2.33. The average molecular weight is 359 g/mol. The summed E-state index contributed by atoms with van der Waals surface area (Å²) in [5, 5.41) is 2.75. The van der Waals surface area contributed by atoms with Gasteiger partial charge in [-0.15, -0.1) is 11.8 Å². The summed E-state index contributed by atoms with van der Waals surface area (Å²) >= 11 is 1.47. The van der Waals surface area contributed by atoms with Gasteiger partial charge in [-0.05, 0) is 29.8 Å². The van der Waals surface area contributed by atoms with E-state index in [1.54, 1.807) is 24.3 Å². The molecule has 1 aliphatic rings. The first-order valence-corrected chi connectivity index (χ1v) is 8.76. The molecule has 0 fully saturated rings. The Balaban J connectivity index is 1.53. The lowest BCUT2D eigenvalue weighted by atomic mass is 10.2. The summed E-state index contributed by atoms with van der Waals surface area (Å²) in [6.07, 6.45) is 0. The summed E-state index contributed by atoms with van der Waals surface area (Å²) < 4.78 is 15.3. The van der Waals surface area contributed by atoms with Crippen molar-refractivity contribution < 1.29 is 23.8 Å². The lowest BCUT2D eigenvalue weighted by Crippen LogP contribution is -2.17. The van der Waals surface area contributed by atoms with Gasteiger partial charge in [-0.2, -0.15) is 0 Å². The number of nitrogens with one attached hydrogen (secondary N) is 1. The van der Waals surface area contributed by atoms with Crippen molar-refractivity contribution in [3.63, 3.8) is 0 Å². The van der Waals surface area contributed by atoms with Crippen LogP contribution in [0.15, 0.2) is 42.5 Å². The van der Waals surface area contributed by atoms with Crippen LogP contribution in [-0.4, -0.2) is 31.5 Å². The Bertz CT molecular complexity index is 793. The third-order valence-corrected chi connectivity index (χ3v) is 4.55. The van der Waals surface area contributed by atoms with Crippen molar-refractivity contribution in [2.24, 2.45) is 0 Å². The van der Waals surface area contributed by atoms with Crippen LogP contribution in [0.1, 0.15) is 15.9 Å². The van der Waals surface area contributed by atoms with Crippen molar-refractivity contribution in [3.05, 3.63) is 53.6 Å². The van der Waals surface area contributed by atoms with E-state index in [1.165, 1.54) is 18.9 Å². The number of hydrogen-bond acceptors (Lipinski definition) is 6. The van der Waals surface area contributed by atoms with Gasteiger partial charge in [0.15, 0.2) is 11.5 Å². The van der Waals surface area contributed by atoms with E-state index in [0.29, 0.717) is 17.0 Å². The van der Waals surface area contributed by atoms with Crippen molar-refractivity contribution in [1.82, 2.24) is 0 Å². The Morgan fingerprint density at radius 1 is 1.16 bits per heavy atom. The molecular formula is C18H17NO5S. The Morgan fingerprint density at radius 2 is 1.96 bits per heavy atom. The molecule has 0 aliphatic carbocycles. The molecular weight excluding hydrogens is 342 g/mol. The summed E-state index contributed by atoms with van der Waals surface area (Å²) in [5.74, 6) is 1.75. The van der Waals surface area contributed by atoms with Gasteiger partial charge >= 0.3 is 5.97 Å². The third-order valence-electron chi connectivity index (χ3n) is 3.55. The fraction of sp³-hybridized carbons (Fsp3) is 0.222. The van der Waals surface area contributed by atoms with Crippen LogP contribution in [0.3, 0.4) is 0 Å². The topological polar surface area (TPSA) is 73.9 Å². The SMILES string of the molecule is COC(=O)c1ccccc1NC(=O)CSCc1ccc2c(c1)OCO2. The van der Waals surface area contributed by atoms with Gasteiger partial charge in [-0.1, -0.05) is 18.2 Å². The first kappa shape index (κ1) is 17.2. The zero-order valence-electron chi connectivity index (χ0n) is 13.6. The number of anilines is 1. The summed E-state index contributed by atoms with van der Waals surface area (Å²) in [5.41, 5.74) is 1.83. The molecule has 1 N–H and O–H groups in total. The van der Waals surface area contributed by atoms with Gasteiger partial charge in [0, 0.05) is 5.75 Å². The molecule has 1 amide bonds. The highest BCUT2D eigenvalue weighted by Gasteiger charge is 2.15. The number of carbonyl (C=O) groups excluding carboxylic acids is 2. The van der Waals surface area contributed by atoms with Gasteiger partial charge in [-0.25, -0.2) is 4.79 Å². The molecule has 6 nitrogen and oxygen atoms in total. The van der Waals surface area contributed by atoms with E-state index >= 15 is 0 Å². The largest absolute Gasteiger partial charge is 0.465 e. The van der Waals surface area contributed by atoms with E-state index in [4.69, 9.17) is 14.2 Å². The normalized spacial score (nSPS) is 11.9. The lowest BCUT2D eigenvalue weighted by molar-refractivity contribution is -0.113. The summed E-state index contributed by atoms with van der Waals surface area (Å²) in [4.78, 5) is 23.8. The maximum absolute atomic E-state index is 12.1. The molecule has 0 atom stereocenters. The number of fused-ring (bicyclic) bond motifs is 1. The second-order valence-corrected chi connectivity index (χ2v) is 6.25. The summed E-state index contributed by atoms with van der Waals surface area (Å²) in [6.45, 7) is 0.244. The third kappa shape index (κ3) is 4.24. The number of esters is 1. The van der Waals surface area contributed by atoms with E-state index < -0.39 is 5.97 Å². The second-order valence-electron chi connectivity index (χ2n) is 5.27. The summed E-state index contributed by atoms with van der Waals surface area (Å²) in [7, 11) is 1.31. The number of ether oxygens (including phenoxy) is 3. The number of carbonyl (C=O) groups is 2. The van der Waals surface area contributed by atoms with E-state index in [1.807, 2.05) is 18.2 Å². The number of benzene rings is 2. The molecule has 1 heterocycles. The van der Waals surface area contributed by atoms with Crippen LogP contribution in [0.5, 0.6) is 11.5 Å². The van der Waals surface area contributed by atoms with Crippen LogP contribution in [-0.2, 0) is 15.3 Å². The van der Waals surface area contributed by atoms with Crippen LogP contribution in [0.25, 0.3) is 0 Å². The molecule has 0 spiro atoms. The zero-order valence-corrected chi connectivity index (χ0v) is 14.4. The Morgan fingerprint density at radius 3 is 2.80 bits per heavy atom. The molecule has 0 bridgehead atoms. The monoisotopic (exact) mass is 359 g/mol. The van der Waals surface area contributed by atoms with Crippen LogP contribution < -0.4 is 14.8 Å². The first-order valence-electron chi connectivity index (χ1n) is 7.61. The second kappa shape index (κ2) is 7.94. The van der Waals surface area contributed by atoms with Crippen LogP contribution >= 0.6 is 11.8 Å². The molecule has 1 aliphatic heterocycles. The van der Waals surface area contributed by atoms with Crippen molar-refractivity contribution >= 4 is 29.3 Å². The molecule has 0 aromatic heterocycles. The van der Waals surface area contributed by atoms with Crippen LogP contribution in [0.4, 0.5) is 5.69 Å². The lowest BCUT2D eigenvalue weighted by Gasteiger charge is -2.09. The van der Waals surface area contributed by atoms with Gasteiger partial charge in [0.25, 0.3) is 0 Å². The minimum absolute atomic E-state index is 0.179. The standard InChI is InChI=1S/C18H17NO5S/c1-22-18(21)13-4-2-3-5-14(13)19-17(20)10-25-9-12-6-7-15-16(8-12)24-11-23-15/h2-8H,9-11H2,1H3,(H,19,20). The maximum Gasteiger partial charge on any atom is 0.339 e. The Labute approximate surface area is 149 Å². The van der Waals surface area contributed by atoms with Crippen molar-refractivity contribution in [2.75, 3.05) is 25.0 Å². The van der Waals surface area contributed by atoms with Crippen LogP contribution in [0.2, 0.25) is 0 Å².